The van der Waals surface area contributed by atoms with E-state index in [1.165, 1.54) is 6.92 Å². The minimum Gasteiger partial charge on any atom is -0.479 e. The maximum atomic E-state index is 10.7. The first-order chi connectivity index (χ1) is 6.02. The van der Waals surface area contributed by atoms with Crippen molar-refractivity contribution < 1.29 is 9.90 Å². The monoisotopic (exact) mass is 197 g/mol. The van der Waals surface area contributed by atoms with Gasteiger partial charge in [0.1, 0.15) is 0 Å². The van der Waals surface area contributed by atoms with E-state index in [1.807, 2.05) is 30.3 Å². The molecule has 1 atom stereocenters. The van der Waals surface area contributed by atoms with Crippen LogP contribution in [0.15, 0.2) is 35.2 Å². The Kier molecular flexibility index (Phi) is 2.95. The van der Waals surface area contributed by atoms with Gasteiger partial charge in [-0.15, -0.1) is 0 Å². The summed E-state index contributed by atoms with van der Waals surface area (Å²) in [5.41, 5.74) is 5.55. The molecular weight excluding hydrogens is 186 g/mol. The maximum absolute atomic E-state index is 10.7. The van der Waals surface area contributed by atoms with Crippen LogP contribution in [0, 0.1) is 0 Å². The first-order valence-corrected chi connectivity index (χ1v) is 4.60. The van der Waals surface area contributed by atoms with Crippen molar-refractivity contribution in [2.24, 2.45) is 5.73 Å². The molecule has 0 radical (unpaired) electrons. The van der Waals surface area contributed by atoms with Crippen molar-refractivity contribution >= 4 is 17.7 Å². The fourth-order valence-electron chi connectivity index (χ4n) is 0.777. The minimum absolute atomic E-state index is 0.856. The lowest BCUT2D eigenvalue weighted by molar-refractivity contribution is -0.139. The molecule has 0 spiro atoms. The number of hydrogen-bond acceptors (Lipinski definition) is 3. The number of carboxylic acid groups (broad SMARTS) is 1. The van der Waals surface area contributed by atoms with Crippen molar-refractivity contribution in [1.29, 1.82) is 0 Å². The molecule has 1 rings (SSSR count). The topological polar surface area (TPSA) is 63.3 Å². The molecule has 0 unspecified atom stereocenters. The number of aliphatic carboxylic acids is 1. The molecule has 0 saturated heterocycles. The molecule has 0 saturated carbocycles. The molecule has 13 heavy (non-hydrogen) atoms. The van der Waals surface area contributed by atoms with Gasteiger partial charge in [0.15, 0.2) is 4.87 Å². The maximum Gasteiger partial charge on any atom is 0.334 e. The predicted molar refractivity (Wildman–Crippen MR) is 52.5 cm³/mol. The van der Waals surface area contributed by atoms with Crippen LogP contribution in [0.25, 0.3) is 0 Å². The van der Waals surface area contributed by atoms with Crippen LogP contribution >= 0.6 is 11.8 Å². The van der Waals surface area contributed by atoms with Gasteiger partial charge in [-0.2, -0.15) is 0 Å². The largest absolute Gasteiger partial charge is 0.479 e. The van der Waals surface area contributed by atoms with Crippen LogP contribution in [0.2, 0.25) is 0 Å². The van der Waals surface area contributed by atoms with Gasteiger partial charge in [-0.25, -0.2) is 4.79 Å². The van der Waals surface area contributed by atoms with Gasteiger partial charge in [0.25, 0.3) is 0 Å². The Morgan fingerprint density at radius 1 is 1.46 bits per heavy atom. The van der Waals surface area contributed by atoms with E-state index >= 15 is 0 Å². The van der Waals surface area contributed by atoms with Crippen LogP contribution in [0.4, 0.5) is 0 Å². The first-order valence-electron chi connectivity index (χ1n) is 3.79. The van der Waals surface area contributed by atoms with Gasteiger partial charge in [-0.3, -0.25) is 0 Å². The quantitative estimate of drug-likeness (QED) is 0.570. The van der Waals surface area contributed by atoms with Crippen LogP contribution in [0.5, 0.6) is 0 Å². The predicted octanol–water partition coefficient (Wildman–Crippen LogP) is 1.54. The summed E-state index contributed by atoms with van der Waals surface area (Å²) in [7, 11) is 0. The summed E-state index contributed by atoms with van der Waals surface area (Å²) in [5, 5.41) is 8.76. The smallest absolute Gasteiger partial charge is 0.334 e. The van der Waals surface area contributed by atoms with Gasteiger partial charge in [0.05, 0.1) is 0 Å². The summed E-state index contributed by atoms with van der Waals surface area (Å²) >= 11 is 1.13. The van der Waals surface area contributed by atoms with Gasteiger partial charge in [0, 0.05) is 4.90 Å². The molecule has 0 bridgehead atoms. The molecule has 0 amide bonds. The van der Waals surface area contributed by atoms with Crippen LogP contribution in [-0.2, 0) is 4.79 Å². The summed E-state index contributed by atoms with van der Waals surface area (Å²) in [6.45, 7) is 1.48. The lowest BCUT2D eigenvalue weighted by atomic mass is 10.4. The van der Waals surface area contributed by atoms with Gasteiger partial charge in [-0.1, -0.05) is 30.0 Å². The Balaban J connectivity index is 2.75. The summed E-state index contributed by atoms with van der Waals surface area (Å²) in [4.78, 5) is 10.3. The molecule has 1 aromatic rings. The number of nitrogens with two attached hydrogens (primary N) is 1. The molecule has 70 valence electrons. The number of thioether (sulfide) groups is 1. The Hall–Kier alpha value is -1.00. The summed E-state index contributed by atoms with van der Waals surface area (Å²) < 4.78 is 0. The first kappa shape index (κ1) is 10.1. The number of carbonyl (C=O) groups is 1. The van der Waals surface area contributed by atoms with E-state index in [9.17, 15) is 4.79 Å². The Morgan fingerprint density at radius 3 is 2.46 bits per heavy atom. The van der Waals surface area contributed by atoms with E-state index in [2.05, 4.69) is 0 Å². The average molecular weight is 197 g/mol. The second kappa shape index (κ2) is 3.81. The zero-order valence-corrected chi connectivity index (χ0v) is 8.04. The standard InChI is InChI=1S/C9H11NO2S/c1-9(10,8(11)12)13-7-5-3-2-4-6-7/h2-6H,10H2,1H3,(H,11,12)/t9-/m1/s1. The Bertz CT molecular complexity index is 298. The fraction of sp³-hybridized carbons (Fsp3) is 0.222. The number of carboxylic acids is 1. The SMILES string of the molecule is C[C@@](N)(Sc1ccccc1)C(=O)O. The molecule has 3 N–H and O–H groups in total. The minimum atomic E-state index is -1.26. The molecule has 1 aromatic carbocycles. The molecule has 4 heteroatoms. The molecule has 0 heterocycles. The molecule has 0 aromatic heterocycles. The van der Waals surface area contributed by atoms with Gasteiger partial charge < -0.3 is 10.8 Å². The highest BCUT2D eigenvalue weighted by atomic mass is 32.2. The zero-order valence-electron chi connectivity index (χ0n) is 7.23. The third-order valence-corrected chi connectivity index (χ3v) is 2.60. The second-order valence-corrected chi connectivity index (χ2v) is 4.35. The molecule has 0 aliphatic rings. The third kappa shape index (κ3) is 2.75. The van der Waals surface area contributed by atoms with Gasteiger partial charge >= 0.3 is 5.97 Å². The zero-order chi connectivity index (χ0) is 9.90. The fourth-order valence-corrected chi connectivity index (χ4v) is 1.65. The molecular formula is C9H11NO2S. The average Bonchev–Trinajstić information content (AvgIpc) is 2.05. The van der Waals surface area contributed by atoms with Crippen LogP contribution in [0.1, 0.15) is 6.92 Å². The Morgan fingerprint density at radius 2 is 2.00 bits per heavy atom. The summed E-state index contributed by atoms with van der Waals surface area (Å²) in [5.74, 6) is -1.01. The van der Waals surface area contributed by atoms with Crippen molar-refractivity contribution in [3.05, 3.63) is 30.3 Å². The van der Waals surface area contributed by atoms with Crippen LogP contribution < -0.4 is 5.73 Å². The highest BCUT2D eigenvalue weighted by Gasteiger charge is 2.28. The molecule has 3 nitrogen and oxygen atoms in total. The summed E-state index contributed by atoms with van der Waals surface area (Å²) in [6, 6.07) is 9.23. The van der Waals surface area contributed by atoms with E-state index in [0.29, 0.717) is 0 Å². The van der Waals surface area contributed by atoms with Gasteiger partial charge in [-0.05, 0) is 19.1 Å². The van der Waals surface area contributed by atoms with Crippen LogP contribution in [0.3, 0.4) is 0 Å². The highest BCUT2D eigenvalue weighted by Crippen LogP contribution is 2.28. The normalized spacial score (nSPS) is 14.9. The van der Waals surface area contributed by atoms with E-state index in [-0.39, 0.29) is 0 Å². The van der Waals surface area contributed by atoms with Crippen molar-refractivity contribution in [2.75, 3.05) is 0 Å². The van der Waals surface area contributed by atoms with E-state index < -0.39 is 10.8 Å². The number of benzene rings is 1. The highest BCUT2D eigenvalue weighted by molar-refractivity contribution is 8.01. The Labute approximate surface area is 80.9 Å². The van der Waals surface area contributed by atoms with Crippen molar-refractivity contribution in [3.8, 4) is 0 Å². The van der Waals surface area contributed by atoms with E-state index in [1.54, 1.807) is 0 Å². The molecule has 0 aliphatic carbocycles. The summed E-state index contributed by atoms with van der Waals surface area (Å²) in [6.07, 6.45) is 0. The number of rotatable bonds is 3. The van der Waals surface area contributed by atoms with Crippen molar-refractivity contribution in [1.82, 2.24) is 0 Å². The van der Waals surface area contributed by atoms with Crippen molar-refractivity contribution in [3.63, 3.8) is 0 Å². The molecule has 0 fully saturated rings. The lowest BCUT2D eigenvalue weighted by Crippen LogP contribution is -2.41. The van der Waals surface area contributed by atoms with E-state index in [0.717, 1.165) is 16.7 Å². The van der Waals surface area contributed by atoms with Crippen LogP contribution in [-0.4, -0.2) is 15.9 Å². The lowest BCUT2D eigenvalue weighted by Gasteiger charge is -2.17. The number of hydrogen-bond donors (Lipinski definition) is 2. The van der Waals surface area contributed by atoms with E-state index in [4.69, 9.17) is 10.8 Å². The van der Waals surface area contributed by atoms with Gasteiger partial charge in [0.2, 0.25) is 0 Å². The third-order valence-electron chi connectivity index (χ3n) is 1.50. The van der Waals surface area contributed by atoms with Crippen molar-refractivity contribution in [2.45, 2.75) is 16.7 Å². The second-order valence-electron chi connectivity index (χ2n) is 2.83. The molecule has 0 aliphatic heterocycles.